The molecule has 0 aromatic heterocycles. The number of anilines is 1. The molecule has 5 heteroatoms. The molecule has 1 heterocycles. The lowest BCUT2D eigenvalue weighted by Crippen LogP contribution is -2.41. The summed E-state index contributed by atoms with van der Waals surface area (Å²) in [5, 5.41) is 3.38. The van der Waals surface area contributed by atoms with Crippen molar-refractivity contribution in [2.24, 2.45) is 0 Å². The first-order chi connectivity index (χ1) is 12.2. The van der Waals surface area contributed by atoms with Crippen LogP contribution in [0.4, 0.5) is 5.69 Å². The van der Waals surface area contributed by atoms with Crippen molar-refractivity contribution in [3.8, 4) is 0 Å². The van der Waals surface area contributed by atoms with Crippen molar-refractivity contribution in [2.75, 3.05) is 24.2 Å². The summed E-state index contributed by atoms with van der Waals surface area (Å²) in [7, 11) is 0. The van der Waals surface area contributed by atoms with Crippen LogP contribution in [0.3, 0.4) is 0 Å². The highest BCUT2D eigenvalue weighted by atomic mass is 32.2. The first-order valence-corrected chi connectivity index (χ1v) is 9.59. The van der Waals surface area contributed by atoms with Crippen LogP contribution < -0.4 is 5.32 Å². The van der Waals surface area contributed by atoms with E-state index in [1.807, 2.05) is 34.9 Å². The number of hydrogen-bond acceptors (Lipinski definition) is 3. The summed E-state index contributed by atoms with van der Waals surface area (Å²) in [5.41, 5.74) is 1.96. The third-order valence-corrected chi connectivity index (χ3v) is 5.68. The zero-order chi connectivity index (χ0) is 17.6. The van der Waals surface area contributed by atoms with E-state index in [-0.39, 0.29) is 11.8 Å². The minimum atomic E-state index is -0.154. The molecule has 4 nitrogen and oxygen atoms in total. The molecule has 25 heavy (non-hydrogen) atoms. The van der Waals surface area contributed by atoms with E-state index in [1.165, 1.54) is 0 Å². The van der Waals surface area contributed by atoms with E-state index in [1.54, 1.807) is 36.4 Å². The standard InChI is InChI=1S/C20H22N2O2S/c1-2-18-14-22(12-13-25-18)20(24)16-8-10-17(11-9-16)21-19(23)15-6-4-3-5-7-15/h3-11,18H,2,12-14H2,1H3,(H,21,23)/t18-/m1/s1. The fourth-order valence-electron chi connectivity index (χ4n) is 2.82. The molecule has 0 saturated carbocycles. The van der Waals surface area contributed by atoms with Crippen LogP contribution in [0.1, 0.15) is 34.1 Å². The maximum Gasteiger partial charge on any atom is 0.255 e. The third-order valence-electron chi connectivity index (χ3n) is 4.31. The topological polar surface area (TPSA) is 49.4 Å². The van der Waals surface area contributed by atoms with Gasteiger partial charge in [0.15, 0.2) is 0 Å². The number of carbonyl (C=O) groups excluding carboxylic acids is 2. The van der Waals surface area contributed by atoms with Crippen LogP contribution in [0.2, 0.25) is 0 Å². The second kappa shape index (κ2) is 8.21. The highest BCUT2D eigenvalue weighted by Crippen LogP contribution is 2.23. The van der Waals surface area contributed by atoms with Crippen LogP contribution in [0.15, 0.2) is 54.6 Å². The summed E-state index contributed by atoms with van der Waals surface area (Å²) in [5.74, 6) is 0.911. The van der Waals surface area contributed by atoms with Crippen molar-refractivity contribution < 1.29 is 9.59 Å². The van der Waals surface area contributed by atoms with Crippen LogP contribution in [0, 0.1) is 0 Å². The highest BCUT2D eigenvalue weighted by molar-refractivity contribution is 8.00. The summed E-state index contributed by atoms with van der Waals surface area (Å²) in [6, 6.07) is 16.2. The van der Waals surface area contributed by atoms with E-state index < -0.39 is 0 Å². The van der Waals surface area contributed by atoms with E-state index in [2.05, 4.69) is 12.2 Å². The molecule has 1 saturated heterocycles. The molecule has 0 bridgehead atoms. The fraction of sp³-hybridized carbons (Fsp3) is 0.300. The molecule has 0 unspecified atom stereocenters. The maximum atomic E-state index is 12.6. The van der Waals surface area contributed by atoms with Crippen LogP contribution in [0.5, 0.6) is 0 Å². The van der Waals surface area contributed by atoms with Crippen molar-refractivity contribution in [1.82, 2.24) is 4.90 Å². The van der Waals surface area contributed by atoms with E-state index in [9.17, 15) is 9.59 Å². The molecule has 2 amide bonds. The van der Waals surface area contributed by atoms with Crippen LogP contribution in [-0.4, -0.2) is 40.8 Å². The van der Waals surface area contributed by atoms with Gasteiger partial charge in [-0.2, -0.15) is 11.8 Å². The molecule has 1 aliphatic heterocycles. The van der Waals surface area contributed by atoms with Gasteiger partial charge in [0.05, 0.1) is 0 Å². The third kappa shape index (κ3) is 4.42. The minimum absolute atomic E-state index is 0.0692. The van der Waals surface area contributed by atoms with Gasteiger partial charge >= 0.3 is 0 Å². The Morgan fingerprint density at radius 2 is 1.80 bits per heavy atom. The Balaban J connectivity index is 1.64. The quantitative estimate of drug-likeness (QED) is 0.906. The van der Waals surface area contributed by atoms with Crippen LogP contribution >= 0.6 is 11.8 Å². The zero-order valence-corrected chi connectivity index (χ0v) is 15.1. The Morgan fingerprint density at radius 3 is 2.48 bits per heavy atom. The van der Waals surface area contributed by atoms with Gasteiger partial charge in [-0.3, -0.25) is 9.59 Å². The average molecular weight is 354 g/mol. The van der Waals surface area contributed by atoms with Gasteiger partial charge in [0.2, 0.25) is 0 Å². The van der Waals surface area contributed by atoms with Gasteiger partial charge in [0, 0.05) is 40.9 Å². The maximum absolute atomic E-state index is 12.6. The lowest BCUT2D eigenvalue weighted by Gasteiger charge is -2.32. The summed E-state index contributed by atoms with van der Waals surface area (Å²) in [6.07, 6.45) is 1.08. The number of benzene rings is 2. The zero-order valence-electron chi connectivity index (χ0n) is 14.3. The Hall–Kier alpha value is -2.27. The Labute approximate surface area is 152 Å². The molecule has 1 fully saturated rings. The smallest absolute Gasteiger partial charge is 0.255 e. The van der Waals surface area contributed by atoms with Gasteiger partial charge in [-0.15, -0.1) is 0 Å². The van der Waals surface area contributed by atoms with Gasteiger partial charge in [0.25, 0.3) is 11.8 Å². The van der Waals surface area contributed by atoms with E-state index in [4.69, 9.17) is 0 Å². The van der Waals surface area contributed by atoms with E-state index in [0.29, 0.717) is 22.1 Å². The first kappa shape index (κ1) is 17.5. The van der Waals surface area contributed by atoms with Gasteiger partial charge in [-0.05, 0) is 42.8 Å². The Bertz CT molecular complexity index is 731. The molecule has 0 aliphatic carbocycles. The number of nitrogens with zero attached hydrogens (tertiary/aromatic N) is 1. The van der Waals surface area contributed by atoms with Crippen molar-refractivity contribution in [1.29, 1.82) is 0 Å². The average Bonchev–Trinajstić information content (AvgIpc) is 2.68. The van der Waals surface area contributed by atoms with Gasteiger partial charge in [-0.25, -0.2) is 0 Å². The number of nitrogens with one attached hydrogen (secondary N) is 1. The van der Waals surface area contributed by atoms with Crippen molar-refractivity contribution in [3.05, 3.63) is 65.7 Å². The minimum Gasteiger partial charge on any atom is -0.337 e. The molecule has 3 rings (SSSR count). The van der Waals surface area contributed by atoms with Gasteiger partial charge < -0.3 is 10.2 Å². The number of rotatable bonds is 4. The largest absolute Gasteiger partial charge is 0.337 e. The van der Waals surface area contributed by atoms with E-state index in [0.717, 1.165) is 25.3 Å². The Morgan fingerprint density at radius 1 is 1.08 bits per heavy atom. The molecule has 1 atom stereocenters. The lowest BCUT2D eigenvalue weighted by molar-refractivity contribution is 0.0761. The molecular formula is C20H22N2O2S. The molecule has 1 aliphatic rings. The summed E-state index contributed by atoms with van der Waals surface area (Å²) in [6.45, 7) is 3.77. The van der Waals surface area contributed by atoms with Crippen LogP contribution in [-0.2, 0) is 0 Å². The molecule has 0 spiro atoms. The van der Waals surface area contributed by atoms with E-state index >= 15 is 0 Å². The highest BCUT2D eigenvalue weighted by Gasteiger charge is 2.23. The van der Waals surface area contributed by atoms with Crippen molar-refractivity contribution >= 4 is 29.3 Å². The second-order valence-electron chi connectivity index (χ2n) is 6.05. The molecule has 130 valence electrons. The molecule has 2 aromatic carbocycles. The molecule has 1 N–H and O–H groups in total. The summed E-state index contributed by atoms with van der Waals surface area (Å²) < 4.78 is 0. The lowest BCUT2D eigenvalue weighted by atomic mass is 10.1. The number of carbonyl (C=O) groups is 2. The SMILES string of the molecule is CC[C@@H]1CN(C(=O)c2ccc(NC(=O)c3ccccc3)cc2)CCS1. The van der Waals surface area contributed by atoms with Gasteiger partial charge in [0.1, 0.15) is 0 Å². The predicted octanol–water partition coefficient (Wildman–Crippen LogP) is 3.91. The van der Waals surface area contributed by atoms with Crippen LogP contribution in [0.25, 0.3) is 0 Å². The normalized spacial score (nSPS) is 17.2. The van der Waals surface area contributed by atoms with Crippen molar-refractivity contribution in [3.63, 3.8) is 0 Å². The fourth-order valence-corrected chi connectivity index (χ4v) is 4.00. The molecular weight excluding hydrogens is 332 g/mol. The first-order valence-electron chi connectivity index (χ1n) is 8.54. The summed E-state index contributed by atoms with van der Waals surface area (Å²) >= 11 is 1.95. The number of amides is 2. The van der Waals surface area contributed by atoms with Gasteiger partial charge in [-0.1, -0.05) is 25.1 Å². The number of thioether (sulfide) groups is 1. The van der Waals surface area contributed by atoms with Crippen molar-refractivity contribution in [2.45, 2.75) is 18.6 Å². The molecule has 0 radical (unpaired) electrons. The summed E-state index contributed by atoms with van der Waals surface area (Å²) in [4.78, 5) is 26.7. The molecule has 2 aromatic rings. The predicted molar refractivity (Wildman–Crippen MR) is 103 cm³/mol. The second-order valence-corrected chi connectivity index (χ2v) is 7.46. The Kier molecular flexibility index (Phi) is 5.76. The monoisotopic (exact) mass is 354 g/mol. The number of hydrogen-bond donors (Lipinski definition) is 1.